The summed E-state index contributed by atoms with van der Waals surface area (Å²) in [6.45, 7) is 5.52. The van der Waals surface area contributed by atoms with Crippen LogP contribution in [0, 0.1) is 0 Å². The molecule has 0 heterocycles. The Morgan fingerprint density at radius 1 is 1.53 bits per heavy atom. The summed E-state index contributed by atoms with van der Waals surface area (Å²) < 4.78 is 5.93. The van der Waals surface area contributed by atoms with E-state index < -0.39 is 0 Å². The number of ether oxygens (including phenoxy) is 1. The second kappa shape index (κ2) is 7.35. The average molecular weight is 330 g/mol. The minimum Gasteiger partial charge on any atom is -0.409 e. The highest BCUT2D eigenvalue weighted by Crippen LogP contribution is 2.29. The maximum absolute atomic E-state index is 8.93. The van der Waals surface area contributed by atoms with Gasteiger partial charge >= 0.3 is 0 Å². The van der Waals surface area contributed by atoms with E-state index in [0.29, 0.717) is 12.2 Å². The van der Waals surface area contributed by atoms with Crippen molar-refractivity contribution < 1.29 is 9.94 Å². The van der Waals surface area contributed by atoms with Crippen LogP contribution in [0.1, 0.15) is 19.4 Å². The summed E-state index contributed by atoms with van der Waals surface area (Å²) in [4.78, 5) is 2.15. The fourth-order valence-electron chi connectivity index (χ4n) is 1.90. The van der Waals surface area contributed by atoms with Gasteiger partial charge in [0.1, 0.15) is 0 Å². The zero-order valence-corrected chi connectivity index (χ0v) is 13.0. The molecular weight excluding hydrogens is 310 g/mol. The lowest BCUT2D eigenvalue weighted by molar-refractivity contribution is 0.204. The Hall–Kier alpha value is -1.27. The number of oxime groups is 1. The Bertz CT molecular complexity index is 450. The Labute approximate surface area is 122 Å². The normalized spacial score (nSPS) is 11.9. The van der Waals surface area contributed by atoms with Crippen LogP contribution in [0.2, 0.25) is 0 Å². The largest absolute Gasteiger partial charge is 0.409 e. The van der Waals surface area contributed by atoms with E-state index >= 15 is 0 Å². The molecule has 3 N–H and O–H groups in total. The molecular formula is C13H20BrN3O2. The molecule has 0 aromatic heterocycles. The molecule has 0 amide bonds. The number of nitrogens with zero attached hydrogens (tertiary/aromatic N) is 2. The van der Waals surface area contributed by atoms with Gasteiger partial charge in [-0.15, -0.1) is 0 Å². The molecule has 1 aromatic rings. The number of amidine groups is 1. The molecule has 5 nitrogen and oxygen atoms in total. The predicted octanol–water partition coefficient (Wildman–Crippen LogP) is 2.40. The minimum atomic E-state index is 0.0885. The van der Waals surface area contributed by atoms with Crippen LogP contribution in [0.4, 0.5) is 5.69 Å². The number of halogens is 1. The predicted molar refractivity (Wildman–Crippen MR) is 81.0 cm³/mol. The topological polar surface area (TPSA) is 71.1 Å². The van der Waals surface area contributed by atoms with Crippen LogP contribution in [0.15, 0.2) is 27.8 Å². The highest BCUT2D eigenvalue weighted by atomic mass is 79.9. The summed E-state index contributed by atoms with van der Waals surface area (Å²) in [6, 6.07) is 6.02. The monoisotopic (exact) mass is 329 g/mol. The fraction of sp³-hybridized carbons (Fsp3) is 0.462. The van der Waals surface area contributed by atoms with Gasteiger partial charge in [0.2, 0.25) is 0 Å². The summed E-state index contributed by atoms with van der Waals surface area (Å²) in [5.41, 5.74) is 7.38. The van der Waals surface area contributed by atoms with Gasteiger partial charge in [-0.25, -0.2) is 0 Å². The van der Waals surface area contributed by atoms with Crippen molar-refractivity contribution in [2.75, 3.05) is 25.2 Å². The summed E-state index contributed by atoms with van der Waals surface area (Å²) in [7, 11) is 1.67. The summed E-state index contributed by atoms with van der Waals surface area (Å²) in [6.07, 6.45) is 0. The fourth-order valence-corrected chi connectivity index (χ4v) is 2.46. The van der Waals surface area contributed by atoms with E-state index in [1.165, 1.54) is 0 Å². The maximum atomic E-state index is 8.93. The van der Waals surface area contributed by atoms with Gasteiger partial charge in [0, 0.05) is 29.9 Å². The van der Waals surface area contributed by atoms with Crippen LogP contribution in [0.5, 0.6) is 0 Å². The molecule has 19 heavy (non-hydrogen) atoms. The zero-order valence-electron chi connectivity index (χ0n) is 11.4. The molecule has 0 aliphatic heterocycles. The van der Waals surface area contributed by atoms with E-state index in [9.17, 15) is 0 Å². The summed E-state index contributed by atoms with van der Waals surface area (Å²) in [5.74, 6) is 0.0885. The van der Waals surface area contributed by atoms with Gasteiger partial charge in [-0.1, -0.05) is 11.2 Å². The Kier molecular flexibility index (Phi) is 6.11. The summed E-state index contributed by atoms with van der Waals surface area (Å²) >= 11 is 3.44. The second-order valence-corrected chi connectivity index (χ2v) is 5.25. The second-order valence-electron chi connectivity index (χ2n) is 4.40. The first-order valence-corrected chi connectivity index (χ1v) is 6.84. The van der Waals surface area contributed by atoms with Crippen LogP contribution < -0.4 is 10.6 Å². The maximum Gasteiger partial charge on any atom is 0.173 e. The van der Waals surface area contributed by atoms with E-state index in [4.69, 9.17) is 15.7 Å². The van der Waals surface area contributed by atoms with Crippen molar-refractivity contribution in [2.24, 2.45) is 10.9 Å². The number of anilines is 1. The van der Waals surface area contributed by atoms with E-state index in [2.05, 4.69) is 39.8 Å². The smallest absolute Gasteiger partial charge is 0.173 e. The molecule has 1 aromatic carbocycles. The first-order chi connectivity index (χ1) is 9.02. The molecule has 0 bridgehead atoms. The molecule has 1 rings (SSSR count). The van der Waals surface area contributed by atoms with Crippen LogP contribution in [0.3, 0.4) is 0 Å². The Balaban J connectivity index is 3.26. The van der Waals surface area contributed by atoms with Gasteiger partial charge in [0.05, 0.1) is 12.2 Å². The molecule has 0 saturated carbocycles. The average Bonchev–Trinajstić information content (AvgIpc) is 2.38. The Morgan fingerprint density at radius 3 is 2.74 bits per heavy atom. The highest BCUT2D eigenvalue weighted by Gasteiger charge is 2.18. The van der Waals surface area contributed by atoms with Crippen molar-refractivity contribution >= 4 is 27.5 Å². The third-order valence-corrected chi connectivity index (χ3v) is 3.49. The zero-order chi connectivity index (χ0) is 14.4. The van der Waals surface area contributed by atoms with Crippen LogP contribution in [-0.2, 0) is 4.74 Å². The number of hydrogen-bond acceptors (Lipinski definition) is 4. The van der Waals surface area contributed by atoms with Crippen molar-refractivity contribution in [3.63, 3.8) is 0 Å². The molecule has 0 aliphatic rings. The molecule has 0 spiro atoms. The number of rotatable bonds is 6. The number of methoxy groups -OCH3 is 1. The molecule has 0 unspecified atom stereocenters. The van der Waals surface area contributed by atoms with Gasteiger partial charge in [-0.05, 0) is 41.9 Å². The van der Waals surface area contributed by atoms with Gasteiger partial charge in [0.25, 0.3) is 0 Å². The van der Waals surface area contributed by atoms with Crippen molar-refractivity contribution in [3.8, 4) is 0 Å². The number of nitrogens with two attached hydrogens (primary N) is 1. The van der Waals surface area contributed by atoms with Crippen molar-refractivity contribution in [1.29, 1.82) is 0 Å². The third-order valence-electron chi connectivity index (χ3n) is 2.82. The van der Waals surface area contributed by atoms with Gasteiger partial charge < -0.3 is 20.6 Å². The molecule has 0 atom stereocenters. The van der Waals surface area contributed by atoms with E-state index in [0.717, 1.165) is 16.7 Å². The minimum absolute atomic E-state index is 0.0885. The molecule has 0 fully saturated rings. The van der Waals surface area contributed by atoms with Crippen molar-refractivity contribution in [1.82, 2.24) is 0 Å². The van der Waals surface area contributed by atoms with Crippen LogP contribution in [-0.4, -0.2) is 37.3 Å². The molecule has 0 radical (unpaired) electrons. The number of benzene rings is 1. The summed E-state index contributed by atoms with van der Waals surface area (Å²) in [5, 5.41) is 12.0. The molecule has 106 valence electrons. The highest BCUT2D eigenvalue weighted by molar-refractivity contribution is 9.10. The quantitative estimate of drug-likeness (QED) is 0.364. The van der Waals surface area contributed by atoms with Crippen LogP contribution in [0.25, 0.3) is 0 Å². The molecule has 0 saturated heterocycles. The van der Waals surface area contributed by atoms with E-state index in [1.807, 2.05) is 18.2 Å². The van der Waals surface area contributed by atoms with Gasteiger partial charge in [0.15, 0.2) is 5.84 Å². The van der Waals surface area contributed by atoms with Gasteiger partial charge in [-0.3, -0.25) is 0 Å². The lowest BCUT2D eigenvalue weighted by Gasteiger charge is -2.30. The van der Waals surface area contributed by atoms with Crippen molar-refractivity contribution in [3.05, 3.63) is 28.2 Å². The SMILES string of the molecule is COCCN(c1cccc(Br)c1/C(N)=N/O)C(C)C. The van der Waals surface area contributed by atoms with Gasteiger partial charge in [-0.2, -0.15) is 0 Å². The third kappa shape index (κ3) is 3.84. The van der Waals surface area contributed by atoms with Crippen LogP contribution >= 0.6 is 15.9 Å². The Morgan fingerprint density at radius 2 is 2.21 bits per heavy atom. The standard InChI is InChI=1S/C13H20BrN3O2/c1-9(2)17(7-8-19-3)11-6-4-5-10(14)12(11)13(15)16-18/h4-6,9,18H,7-8H2,1-3H3,(H2,15,16). The van der Waals surface area contributed by atoms with Crippen molar-refractivity contribution in [2.45, 2.75) is 19.9 Å². The lowest BCUT2D eigenvalue weighted by Crippen LogP contribution is -2.35. The molecule has 6 heteroatoms. The first kappa shape index (κ1) is 15.8. The van der Waals surface area contributed by atoms with E-state index in [-0.39, 0.29) is 11.9 Å². The first-order valence-electron chi connectivity index (χ1n) is 6.04. The molecule has 0 aliphatic carbocycles. The number of hydrogen-bond donors (Lipinski definition) is 2. The van der Waals surface area contributed by atoms with E-state index in [1.54, 1.807) is 7.11 Å². The lowest BCUT2D eigenvalue weighted by atomic mass is 10.1.